The van der Waals surface area contributed by atoms with Gasteiger partial charge in [-0.3, -0.25) is 4.31 Å². The van der Waals surface area contributed by atoms with E-state index in [1.165, 1.54) is 10.8 Å². The van der Waals surface area contributed by atoms with Gasteiger partial charge in [0.05, 0.1) is 22.7 Å². The second-order valence-electron chi connectivity index (χ2n) is 5.48. The molecule has 0 bridgehead atoms. The smallest absolute Gasteiger partial charge is 0.253 e. The van der Waals surface area contributed by atoms with Crippen LogP contribution in [0.4, 0.5) is 5.69 Å². The Balaban J connectivity index is 2.10. The fourth-order valence-corrected chi connectivity index (χ4v) is 4.73. The molecule has 0 amide bonds. The first-order chi connectivity index (χ1) is 11.7. The van der Waals surface area contributed by atoms with Crippen LogP contribution in [0.3, 0.4) is 0 Å². The summed E-state index contributed by atoms with van der Waals surface area (Å²) in [6.07, 6.45) is 1.57. The Morgan fingerprint density at radius 3 is 2.40 bits per heavy atom. The summed E-state index contributed by atoms with van der Waals surface area (Å²) in [6.45, 7) is 3.69. The minimum atomic E-state index is -3.59. The van der Waals surface area contributed by atoms with Crippen molar-refractivity contribution in [3.63, 3.8) is 0 Å². The van der Waals surface area contributed by atoms with Crippen LogP contribution in [-0.2, 0) is 10.0 Å². The number of rotatable bonds is 6. The molecular weight excluding hydrogens is 378 g/mol. The van der Waals surface area contributed by atoms with E-state index in [1.54, 1.807) is 48.9 Å². The van der Waals surface area contributed by atoms with Crippen LogP contribution in [0.15, 0.2) is 52.4 Å². The minimum Gasteiger partial charge on any atom is -0.296 e. The largest absolute Gasteiger partial charge is 0.296 e. The molecule has 0 saturated carbocycles. The average Bonchev–Trinajstić information content (AvgIpc) is 2.54. The molecule has 0 atom stereocenters. The summed E-state index contributed by atoms with van der Waals surface area (Å²) in [7, 11) is -0.328. The third-order valence-electron chi connectivity index (χ3n) is 3.47. The molecule has 0 aromatic heterocycles. The van der Waals surface area contributed by atoms with E-state index in [-0.39, 0.29) is 0 Å². The van der Waals surface area contributed by atoms with Gasteiger partial charge in [-0.05, 0) is 49.2 Å². The van der Waals surface area contributed by atoms with Crippen LogP contribution < -0.4 is 0 Å². The normalized spacial score (nSPS) is 12.1. The van der Waals surface area contributed by atoms with Gasteiger partial charge in [-0.25, -0.2) is 13.4 Å². The van der Waals surface area contributed by atoms with Crippen molar-refractivity contribution in [1.29, 1.82) is 0 Å². The SMILES string of the molecule is Cc1cc(Cl)ccc1N=CN(C)SN(C)S(=O)(=O)c1ccccc1C. The van der Waals surface area contributed by atoms with Gasteiger partial charge in [0.15, 0.2) is 0 Å². The molecule has 0 aliphatic carbocycles. The molecule has 0 fully saturated rings. The van der Waals surface area contributed by atoms with Gasteiger partial charge in [0, 0.05) is 19.1 Å². The molecule has 0 N–H and O–H groups in total. The minimum absolute atomic E-state index is 0.295. The van der Waals surface area contributed by atoms with E-state index in [0.717, 1.165) is 23.4 Å². The zero-order valence-electron chi connectivity index (χ0n) is 14.5. The van der Waals surface area contributed by atoms with Gasteiger partial charge in [-0.1, -0.05) is 29.8 Å². The average molecular weight is 398 g/mol. The van der Waals surface area contributed by atoms with Gasteiger partial charge in [0.1, 0.15) is 6.34 Å². The monoisotopic (exact) mass is 397 g/mol. The Morgan fingerprint density at radius 2 is 1.76 bits per heavy atom. The predicted octanol–water partition coefficient (Wildman–Crippen LogP) is 4.43. The third kappa shape index (κ3) is 4.98. The maximum atomic E-state index is 12.7. The molecule has 2 aromatic rings. The van der Waals surface area contributed by atoms with Gasteiger partial charge in [-0.15, -0.1) is 3.71 Å². The Labute approximate surface area is 158 Å². The summed E-state index contributed by atoms with van der Waals surface area (Å²) in [5, 5.41) is 0.656. The van der Waals surface area contributed by atoms with Gasteiger partial charge in [0.25, 0.3) is 10.0 Å². The van der Waals surface area contributed by atoms with Crippen molar-refractivity contribution in [2.24, 2.45) is 4.99 Å². The van der Waals surface area contributed by atoms with Crippen molar-refractivity contribution in [1.82, 2.24) is 8.02 Å². The lowest BCUT2D eigenvalue weighted by Crippen LogP contribution is -2.25. The zero-order chi connectivity index (χ0) is 18.6. The topological polar surface area (TPSA) is 53.0 Å². The van der Waals surface area contributed by atoms with E-state index >= 15 is 0 Å². The van der Waals surface area contributed by atoms with Crippen LogP contribution in [0, 0.1) is 13.8 Å². The van der Waals surface area contributed by atoms with Crippen molar-refractivity contribution < 1.29 is 8.42 Å². The number of hydrogen-bond acceptors (Lipinski definition) is 4. The molecule has 0 saturated heterocycles. The van der Waals surface area contributed by atoms with Crippen LogP contribution in [-0.4, -0.2) is 36.9 Å². The number of nitrogens with zero attached hydrogens (tertiary/aromatic N) is 3. The fraction of sp³-hybridized carbons (Fsp3) is 0.235. The highest BCUT2D eigenvalue weighted by Gasteiger charge is 2.24. The first kappa shape index (κ1) is 19.8. The van der Waals surface area contributed by atoms with Crippen molar-refractivity contribution >= 4 is 45.8 Å². The summed E-state index contributed by atoms with van der Waals surface area (Å²) >= 11 is 6.97. The second-order valence-corrected chi connectivity index (χ2v) is 9.38. The van der Waals surface area contributed by atoms with Crippen LogP contribution in [0.25, 0.3) is 0 Å². The molecular formula is C17H20ClN3O2S2. The van der Waals surface area contributed by atoms with Crippen molar-refractivity contribution in [2.75, 3.05) is 14.1 Å². The summed E-state index contributed by atoms with van der Waals surface area (Å²) in [5.74, 6) is 0. The van der Waals surface area contributed by atoms with Crippen LogP contribution in [0.5, 0.6) is 0 Å². The standard InChI is InChI=1S/C17H20ClN3O2S2/c1-13-7-5-6-8-17(13)25(22,23)21(4)24-20(3)12-19-16-10-9-15(18)11-14(16)2/h5-12H,1-4H3. The number of aryl methyl sites for hydroxylation is 2. The zero-order valence-corrected chi connectivity index (χ0v) is 16.9. The Morgan fingerprint density at radius 1 is 1.08 bits per heavy atom. The van der Waals surface area contributed by atoms with E-state index in [0.29, 0.717) is 15.5 Å². The Bertz CT molecular complexity index is 885. The van der Waals surface area contributed by atoms with Gasteiger partial charge in [0.2, 0.25) is 0 Å². The highest BCUT2D eigenvalue weighted by molar-refractivity contribution is 8.07. The molecule has 8 heteroatoms. The molecule has 25 heavy (non-hydrogen) atoms. The highest BCUT2D eigenvalue weighted by atomic mass is 35.5. The van der Waals surface area contributed by atoms with Crippen molar-refractivity contribution in [3.8, 4) is 0 Å². The van der Waals surface area contributed by atoms with Crippen LogP contribution >= 0.6 is 23.7 Å². The predicted molar refractivity (Wildman–Crippen MR) is 106 cm³/mol. The Hall–Kier alpha value is -1.54. The first-order valence-electron chi connectivity index (χ1n) is 7.47. The van der Waals surface area contributed by atoms with Crippen molar-refractivity contribution in [3.05, 3.63) is 58.6 Å². The van der Waals surface area contributed by atoms with Crippen LogP contribution in [0.2, 0.25) is 5.02 Å². The second kappa shape index (κ2) is 8.23. The number of sulfonamides is 1. The lowest BCUT2D eigenvalue weighted by Gasteiger charge is -2.21. The van der Waals surface area contributed by atoms with Crippen LogP contribution in [0.1, 0.15) is 11.1 Å². The summed E-state index contributed by atoms with van der Waals surface area (Å²) < 4.78 is 28.2. The van der Waals surface area contributed by atoms with Gasteiger partial charge in [-0.2, -0.15) is 0 Å². The number of halogens is 1. The molecule has 0 unspecified atom stereocenters. The number of benzene rings is 2. The molecule has 2 aromatic carbocycles. The first-order valence-corrected chi connectivity index (χ1v) is 10.0. The summed E-state index contributed by atoms with van der Waals surface area (Å²) in [5.41, 5.74) is 2.44. The van der Waals surface area contributed by atoms with Gasteiger partial charge < -0.3 is 0 Å². The lowest BCUT2D eigenvalue weighted by atomic mass is 10.2. The molecule has 0 radical (unpaired) electrons. The lowest BCUT2D eigenvalue weighted by molar-refractivity contribution is 0.561. The number of aliphatic imine (C=N–C) groups is 1. The molecule has 0 aliphatic rings. The van der Waals surface area contributed by atoms with E-state index in [9.17, 15) is 8.42 Å². The molecule has 134 valence electrons. The van der Waals surface area contributed by atoms with E-state index in [1.807, 2.05) is 25.1 Å². The van der Waals surface area contributed by atoms with E-state index in [2.05, 4.69) is 4.99 Å². The van der Waals surface area contributed by atoms with E-state index < -0.39 is 10.0 Å². The third-order valence-corrected chi connectivity index (χ3v) is 6.77. The quantitative estimate of drug-likeness (QED) is 0.411. The molecule has 2 rings (SSSR count). The fourth-order valence-electron chi connectivity index (χ4n) is 2.14. The molecule has 0 heterocycles. The molecule has 0 aliphatic heterocycles. The number of hydrogen-bond donors (Lipinski definition) is 0. The maximum Gasteiger partial charge on any atom is 0.253 e. The van der Waals surface area contributed by atoms with E-state index in [4.69, 9.17) is 11.6 Å². The maximum absolute atomic E-state index is 12.7. The summed E-state index contributed by atoms with van der Waals surface area (Å²) in [6, 6.07) is 12.3. The van der Waals surface area contributed by atoms with Gasteiger partial charge >= 0.3 is 0 Å². The molecule has 5 nitrogen and oxygen atoms in total. The highest BCUT2D eigenvalue weighted by Crippen LogP contribution is 2.26. The summed E-state index contributed by atoms with van der Waals surface area (Å²) in [4.78, 5) is 4.67. The van der Waals surface area contributed by atoms with Crippen molar-refractivity contribution in [2.45, 2.75) is 18.7 Å². The molecule has 0 spiro atoms. The Kier molecular flexibility index (Phi) is 6.51.